The summed E-state index contributed by atoms with van der Waals surface area (Å²) in [6.45, 7) is 12.9. The van der Waals surface area contributed by atoms with E-state index in [1.165, 1.54) is 0 Å². The Morgan fingerprint density at radius 1 is 1.37 bits per heavy atom. The summed E-state index contributed by atoms with van der Waals surface area (Å²) in [7, 11) is 0. The summed E-state index contributed by atoms with van der Waals surface area (Å²) < 4.78 is 1.68. The van der Waals surface area contributed by atoms with Gasteiger partial charge >= 0.3 is 5.69 Å². The van der Waals surface area contributed by atoms with Gasteiger partial charge in [0.1, 0.15) is 5.69 Å². The number of nitrogens with one attached hydrogen (secondary N) is 1. The average molecular weight is 266 g/mol. The van der Waals surface area contributed by atoms with Crippen molar-refractivity contribution in [2.45, 2.75) is 54.1 Å². The minimum absolute atomic E-state index is 0.0975. The van der Waals surface area contributed by atoms with E-state index in [9.17, 15) is 10.1 Å². The highest BCUT2D eigenvalue weighted by Crippen LogP contribution is 2.64. The van der Waals surface area contributed by atoms with Gasteiger partial charge in [0.2, 0.25) is 5.82 Å². The fourth-order valence-electron chi connectivity index (χ4n) is 2.86. The van der Waals surface area contributed by atoms with Gasteiger partial charge in [0, 0.05) is 12.6 Å². The number of nitro groups is 1. The summed E-state index contributed by atoms with van der Waals surface area (Å²) in [6.07, 6.45) is 0. The van der Waals surface area contributed by atoms with Crippen molar-refractivity contribution in [1.29, 1.82) is 0 Å². The standard InChI is InChI=1S/C13H22N4O2/c1-7-16-10(9(17(18)19)8(2)15-16)14-11-12(3,4)13(11,5)6/h11,14H,7H2,1-6H3. The average Bonchev–Trinajstić information content (AvgIpc) is 2.59. The van der Waals surface area contributed by atoms with E-state index in [4.69, 9.17) is 0 Å². The number of hydrogen-bond donors (Lipinski definition) is 1. The lowest BCUT2D eigenvalue weighted by Crippen LogP contribution is -2.15. The van der Waals surface area contributed by atoms with Crippen LogP contribution in [0.3, 0.4) is 0 Å². The topological polar surface area (TPSA) is 73.0 Å². The SMILES string of the molecule is CCn1nc(C)c([N+](=O)[O-])c1NC1C(C)(C)C1(C)C. The highest BCUT2D eigenvalue weighted by atomic mass is 16.6. The molecule has 0 atom stereocenters. The normalized spacial score (nSPS) is 20.3. The first-order valence-corrected chi connectivity index (χ1v) is 6.63. The third kappa shape index (κ3) is 1.81. The Balaban J connectivity index is 2.38. The van der Waals surface area contributed by atoms with Crippen molar-refractivity contribution in [3.63, 3.8) is 0 Å². The summed E-state index contributed by atoms with van der Waals surface area (Å²) in [6, 6.07) is 0.222. The van der Waals surface area contributed by atoms with E-state index >= 15 is 0 Å². The molecular formula is C13H22N4O2. The Morgan fingerprint density at radius 2 is 1.89 bits per heavy atom. The molecule has 0 aliphatic heterocycles. The van der Waals surface area contributed by atoms with Gasteiger partial charge < -0.3 is 5.32 Å². The maximum absolute atomic E-state index is 11.2. The van der Waals surface area contributed by atoms with Crippen LogP contribution in [-0.2, 0) is 6.54 Å². The quantitative estimate of drug-likeness (QED) is 0.671. The predicted molar refractivity (Wildman–Crippen MR) is 74.3 cm³/mol. The molecule has 1 aliphatic carbocycles. The Hall–Kier alpha value is -1.59. The Kier molecular flexibility index (Phi) is 2.88. The van der Waals surface area contributed by atoms with Gasteiger partial charge in [-0.3, -0.25) is 10.1 Å². The van der Waals surface area contributed by atoms with E-state index in [2.05, 4.69) is 38.1 Å². The summed E-state index contributed by atoms with van der Waals surface area (Å²) in [5.74, 6) is 0.536. The highest BCUT2D eigenvalue weighted by Gasteiger charge is 2.65. The van der Waals surface area contributed by atoms with Crippen molar-refractivity contribution in [2.75, 3.05) is 5.32 Å². The number of anilines is 1. The van der Waals surface area contributed by atoms with E-state index in [1.54, 1.807) is 11.6 Å². The summed E-state index contributed by atoms with van der Waals surface area (Å²) >= 11 is 0. The van der Waals surface area contributed by atoms with Gasteiger partial charge in [0.05, 0.1) is 4.92 Å². The first kappa shape index (κ1) is 13.8. The predicted octanol–water partition coefficient (Wildman–Crippen LogP) is 2.97. The summed E-state index contributed by atoms with van der Waals surface area (Å²) in [5.41, 5.74) is 0.806. The van der Waals surface area contributed by atoms with E-state index < -0.39 is 0 Å². The number of aryl methyl sites for hydroxylation is 2. The molecule has 0 saturated heterocycles. The maximum Gasteiger partial charge on any atom is 0.333 e. The van der Waals surface area contributed by atoms with Gasteiger partial charge in [-0.25, -0.2) is 4.68 Å². The first-order chi connectivity index (χ1) is 8.64. The molecule has 1 N–H and O–H groups in total. The molecule has 0 bridgehead atoms. The summed E-state index contributed by atoms with van der Waals surface area (Å²) in [4.78, 5) is 10.9. The van der Waals surface area contributed by atoms with Crippen LogP contribution >= 0.6 is 0 Å². The van der Waals surface area contributed by atoms with Crippen LogP contribution in [0.15, 0.2) is 0 Å². The van der Waals surface area contributed by atoms with Crippen molar-refractivity contribution in [2.24, 2.45) is 10.8 Å². The van der Waals surface area contributed by atoms with Crippen LogP contribution in [-0.4, -0.2) is 20.7 Å². The van der Waals surface area contributed by atoms with E-state index in [1.807, 2.05) is 6.92 Å². The van der Waals surface area contributed by atoms with Gasteiger partial charge in [-0.1, -0.05) is 27.7 Å². The molecule has 1 aromatic rings. The second-order valence-corrected chi connectivity index (χ2v) is 6.38. The summed E-state index contributed by atoms with van der Waals surface area (Å²) in [5, 5.41) is 18.8. The lowest BCUT2D eigenvalue weighted by molar-refractivity contribution is -0.384. The molecule has 1 aromatic heterocycles. The van der Waals surface area contributed by atoms with Crippen molar-refractivity contribution in [3.8, 4) is 0 Å². The Bertz CT molecular complexity index is 517. The lowest BCUT2D eigenvalue weighted by Gasteiger charge is -2.09. The van der Waals surface area contributed by atoms with Crippen molar-refractivity contribution in [1.82, 2.24) is 9.78 Å². The second kappa shape index (κ2) is 3.95. The molecule has 0 unspecified atom stereocenters. The monoisotopic (exact) mass is 266 g/mol. The zero-order valence-electron chi connectivity index (χ0n) is 12.4. The molecule has 0 aromatic carbocycles. The fraction of sp³-hybridized carbons (Fsp3) is 0.769. The second-order valence-electron chi connectivity index (χ2n) is 6.38. The van der Waals surface area contributed by atoms with E-state index in [0.717, 1.165) is 0 Å². The molecule has 1 saturated carbocycles. The number of rotatable bonds is 4. The molecular weight excluding hydrogens is 244 g/mol. The smallest absolute Gasteiger partial charge is 0.333 e. The van der Waals surface area contributed by atoms with Crippen LogP contribution in [0, 0.1) is 27.9 Å². The molecule has 0 radical (unpaired) electrons. The molecule has 2 rings (SSSR count). The zero-order chi connectivity index (χ0) is 14.6. The van der Waals surface area contributed by atoms with Gasteiger partial charge in [0.15, 0.2) is 0 Å². The van der Waals surface area contributed by atoms with Gasteiger partial charge in [-0.2, -0.15) is 5.10 Å². The van der Waals surface area contributed by atoms with Crippen LogP contribution in [0.5, 0.6) is 0 Å². The number of nitrogens with zero attached hydrogens (tertiary/aromatic N) is 3. The Labute approximate surface area is 113 Å². The molecule has 6 nitrogen and oxygen atoms in total. The zero-order valence-corrected chi connectivity index (χ0v) is 12.4. The van der Waals surface area contributed by atoms with Crippen LogP contribution in [0.1, 0.15) is 40.3 Å². The largest absolute Gasteiger partial charge is 0.361 e. The van der Waals surface area contributed by atoms with Crippen molar-refractivity contribution in [3.05, 3.63) is 15.8 Å². The minimum atomic E-state index is -0.348. The van der Waals surface area contributed by atoms with Crippen molar-refractivity contribution >= 4 is 11.5 Å². The number of aromatic nitrogens is 2. The molecule has 106 valence electrons. The van der Waals surface area contributed by atoms with Crippen LogP contribution in [0.2, 0.25) is 0 Å². The molecule has 0 amide bonds. The van der Waals surface area contributed by atoms with E-state index in [0.29, 0.717) is 18.1 Å². The van der Waals surface area contributed by atoms with Gasteiger partial charge in [-0.05, 0) is 24.7 Å². The van der Waals surface area contributed by atoms with Gasteiger partial charge in [0.25, 0.3) is 0 Å². The molecule has 6 heteroatoms. The molecule has 1 heterocycles. The minimum Gasteiger partial charge on any atom is -0.361 e. The maximum atomic E-state index is 11.2. The highest BCUT2D eigenvalue weighted by molar-refractivity contribution is 5.61. The Morgan fingerprint density at radius 3 is 2.26 bits per heavy atom. The third-order valence-corrected chi connectivity index (χ3v) is 4.88. The molecule has 1 fully saturated rings. The van der Waals surface area contributed by atoms with Crippen LogP contribution in [0.25, 0.3) is 0 Å². The molecule has 19 heavy (non-hydrogen) atoms. The van der Waals surface area contributed by atoms with Gasteiger partial charge in [-0.15, -0.1) is 0 Å². The molecule has 1 aliphatic rings. The third-order valence-electron chi connectivity index (χ3n) is 4.88. The van der Waals surface area contributed by atoms with Crippen molar-refractivity contribution < 1.29 is 4.92 Å². The lowest BCUT2D eigenvalue weighted by atomic mass is 10.0. The van der Waals surface area contributed by atoms with Crippen LogP contribution < -0.4 is 5.32 Å². The first-order valence-electron chi connectivity index (χ1n) is 6.63. The fourth-order valence-corrected chi connectivity index (χ4v) is 2.86. The van der Waals surface area contributed by atoms with E-state index in [-0.39, 0.29) is 27.5 Å². The number of hydrogen-bond acceptors (Lipinski definition) is 4. The molecule has 0 spiro atoms. The van der Waals surface area contributed by atoms with Crippen LogP contribution in [0.4, 0.5) is 11.5 Å².